The second-order valence-electron chi connectivity index (χ2n) is 3.88. The molecule has 0 atom stereocenters. The fourth-order valence-corrected chi connectivity index (χ4v) is 1.87. The lowest BCUT2D eigenvalue weighted by Gasteiger charge is -2.13. The summed E-state index contributed by atoms with van der Waals surface area (Å²) in [5.41, 5.74) is 2.30. The van der Waals surface area contributed by atoms with Gasteiger partial charge in [-0.15, -0.1) is 0 Å². The van der Waals surface area contributed by atoms with Crippen molar-refractivity contribution in [3.63, 3.8) is 0 Å². The van der Waals surface area contributed by atoms with Crippen molar-refractivity contribution in [2.24, 2.45) is 0 Å². The van der Waals surface area contributed by atoms with E-state index >= 15 is 0 Å². The van der Waals surface area contributed by atoms with Gasteiger partial charge in [0.05, 0.1) is 7.11 Å². The van der Waals surface area contributed by atoms with Crippen molar-refractivity contribution in [3.05, 3.63) is 48.6 Å². The zero-order valence-corrected chi connectivity index (χ0v) is 9.85. The Balaban J connectivity index is 2.09. The maximum Gasteiger partial charge on any atom is 0.246 e. The number of carbonyl (C=O) groups excluding carboxylic acids is 1. The third kappa shape index (κ3) is 2.38. The Hall–Kier alpha value is -2.03. The molecule has 0 N–H and O–H groups in total. The summed E-state index contributed by atoms with van der Waals surface area (Å²) in [7, 11) is 1.65. The highest BCUT2D eigenvalue weighted by atomic mass is 16.5. The predicted octanol–water partition coefficient (Wildman–Crippen LogP) is 2.11. The van der Waals surface area contributed by atoms with Crippen LogP contribution >= 0.6 is 0 Å². The summed E-state index contributed by atoms with van der Waals surface area (Å²) < 4.78 is 5.11. The topological polar surface area (TPSA) is 29.5 Å². The lowest BCUT2D eigenvalue weighted by atomic mass is 10.1. The first-order chi connectivity index (χ1) is 8.24. The third-order valence-corrected chi connectivity index (χ3v) is 2.87. The molecule has 1 heterocycles. The number of hydrogen-bond donors (Lipinski definition) is 0. The van der Waals surface area contributed by atoms with Gasteiger partial charge in [-0.05, 0) is 29.3 Å². The van der Waals surface area contributed by atoms with Gasteiger partial charge in [-0.1, -0.05) is 24.8 Å². The van der Waals surface area contributed by atoms with E-state index in [2.05, 4.69) is 12.7 Å². The quantitative estimate of drug-likeness (QED) is 0.743. The van der Waals surface area contributed by atoms with Gasteiger partial charge in [0.25, 0.3) is 0 Å². The molecular formula is C14H15NO2. The minimum absolute atomic E-state index is 0.0234. The molecule has 0 spiro atoms. The van der Waals surface area contributed by atoms with Crippen molar-refractivity contribution in [2.45, 2.75) is 0 Å². The van der Waals surface area contributed by atoms with E-state index in [0.29, 0.717) is 13.1 Å². The summed E-state index contributed by atoms with van der Waals surface area (Å²) in [6, 6.07) is 7.86. The average molecular weight is 229 g/mol. The number of benzene rings is 1. The third-order valence-electron chi connectivity index (χ3n) is 2.87. The molecule has 3 nitrogen and oxygen atoms in total. The molecule has 0 radical (unpaired) electrons. The number of hydrogen-bond acceptors (Lipinski definition) is 2. The lowest BCUT2D eigenvalue weighted by Crippen LogP contribution is -2.26. The van der Waals surface area contributed by atoms with Crippen molar-refractivity contribution in [1.29, 1.82) is 0 Å². The second-order valence-corrected chi connectivity index (χ2v) is 3.88. The Kier molecular flexibility index (Phi) is 3.28. The van der Waals surface area contributed by atoms with Gasteiger partial charge < -0.3 is 9.64 Å². The Morgan fingerprint density at radius 3 is 2.71 bits per heavy atom. The van der Waals surface area contributed by atoms with Gasteiger partial charge in [0.1, 0.15) is 5.75 Å². The summed E-state index contributed by atoms with van der Waals surface area (Å²) in [6.07, 6.45) is 3.42. The number of amides is 1. The van der Waals surface area contributed by atoms with Gasteiger partial charge in [0.2, 0.25) is 5.91 Å². The van der Waals surface area contributed by atoms with Crippen molar-refractivity contribution < 1.29 is 9.53 Å². The van der Waals surface area contributed by atoms with E-state index in [4.69, 9.17) is 4.74 Å². The van der Waals surface area contributed by atoms with Crippen LogP contribution in [0, 0.1) is 0 Å². The van der Waals surface area contributed by atoms with E-state index in [-0.39, 0.29) is 5.91 Å². The van der Waals surface area contributed by atoms with Crippen molar-refractivity contribution in [2.75, 3.05) is 20.2 Å². The van der Waals surface area contributed by atoms with Gasteiger partial charge in [-0.3, -0.25) is 4.79 Å². The number of carbonyl (C=O) groups is 1. The first-order valence-electron chi connectivity index (χ1n) is 5.49. The first-order valence-corrected chi connectivity index (χ1v) is 5.49. The van der Waals surface area contributed by atoms with E-state index in [1.807, 2.05) is 24.3 Å². The highest BCUT2D eigenvalue weighted by Gasteiger charge is 2.18. The fraction of sp³-hybridized carbons (Fsp3) is 0.214. The minimum atomic E-state index is -0.0234. The Morgan fingerprint density at radius 1 is 1.41 bits per heavy atom. The molecule has 1 aromatic rings. The van der Waals surface area contributed by atoms with Gasteiger partial charge in [-0.25, -0.2) is 0 Å². The van der Waals surface area contributed by atoms with Crippen LogP contribution in [0.2, 0.25) is 0 Å². The molecular weight excluding hydrogens is 214 g/mol. The summed E-state index contributed by atoms with van der Waals surface area (Å²) in [5.74, 6) is 0.816. The van der Waals surface area contributed by atoms with Crippen LogP contribution in [-0.4, -0.2) is 31.0 Å². The smallest absolute Gasteiger partial charge is 0.246 e. The Morgan fingerprint density at radius 2 is 2.12 bits per heavy atom. The molecule has 3 heteroatoms. The van der Waals surface area contributed by atoms with Gasteiger partial charge in [0.15, 0.2) is 0 Å². The molecule has 1 aliphatic heterocycles. The van der Waals surface area contributed by atoms with E-state index in [9.17, 15) is 4.79 Å². The molecule has 17 heavy (non-hydrogen) atoms. The maximum atomic E-state index is 11.4. The maximum absolute atomic E-state index is 11.4. The lowest BCUT2D eigenvalue weighted by molar-refractivity contribution is -0.124. The number of nitrogens with zero attached hydrogens (tertiary/aromatic N) is 1. The van der Waals surface area contributed by atoms with Crippen molar-refractivity contribution in [3.8, 4) is 5.75 Å². The van der Waals surface area contributed by atoms with Crippen molar-refractivity contribution >= 4 is 11.5 Å². The van der Waals surface area contributed by atoms with Crippen molar-refractivity contribution in [1.82, 2.24) is 4.90 Å². The normalized spacial score (nSPS) is 14.4. The second kappa shape index (κ2) is 4.87. The first kappa shape index (κ1) is 11.5. The van der Waals surface area contributed by atoms with Gasteiger partial charge >= 0.3 is 0 Å². The van der Waals surface area contributed by atoms with Crippen LogP contribution in [0.5, 0.6) is 5.75 Å². The van der Waals surface area contributed by atoms with Gasteiger partial charge in [0, 0.05) is 13.1 Å². The van der Waals surface area contributed by atoms with Crippen LogP contribution in [-0.2, 0) is 4.79 Å². The van der Waals surface area contributed by atoms with E-state index < -0.39 is 0 Å². The zero-order valence-electron chi connectivity index (χ0n) is 9.85. The highest BCUT2D eigenvalue weighted by Crippen LogP contribution is 2.23. The Bertz CT molecular complexity index is 460. The minimum Gasteiger partial charge on any atom is -0.497 e. The molecule has 88 valence electrons. The molecule has 0 bridgehead atoms. The summed E-state index contributed by atoms with van der Waals surface area (Å²) in [6.45, 7) is 4.80. The average Bonchev–Trinajstić information content (AvgIpc) is 2.87. The SMILES string of the molecule is C=CC(=O)N1CC=C(c2ccc(OC)cc2)C1. The van der Waals surface area contributed by atoms with Crippen LogP contribution in [0.3, 0.4) is 0 Å². The molecule has 0 unspecified atom stereocenters. The monoisotopic (exact) mass is 229 g/mol. The van der Waals surface area contributed by atoms with Crippen LogP contribution in [0.4, 0.5) is 0 Å². The summed E-state index contributed by atoms with van der Waals surface area (Å²) in [5, 5.41) is 0. The predicted molar refractivity (Wildman–Crippen MR) is 67.7 cm³/mol. The molecule has 0 aliphatic carbocycles. The largest absolute Gasteiger partial charge is 0.497 e. The van der Waals surface area contributed by atoms with Crippen LogP contribution < -0.4 is 4.74 Å². The molecule has 1 aromatic carbocycles. The van der Waals surface area contributed by atoms with E-state index in [1.54, 1.807) is 12.0 Å². The molecule has 0 saturated heterocycles. The number of rotatable bonds is 3. The van der Waals surface area contributed by atoms with Gasteiger partial charge in [-0.2, -0.15) is 0 Å². The fourth-order valence-electron chi connectivity index (χ4n) is 1.87. The summed E-state index contributed by atoms with van der Waals surface area (Å²) in [4.78, 5) is 13.2. The molecule has 1 aliphatic rings. The number of methoxy groups -OCH3 is 1. The molecule has 2 rings (SSSR count). The van der Waals surface area contributed by atoms with E-state index in [0.717, 1.165) is 11.3 Å². The number of ether oxygens (including phenoxy) is 1. The Labute approximate surface area is 101 Å². The molecule has 1 amide bonds. The van der Waals surface area contributed by atoms with Crippen LogP contribution in [0.1, 0.15) is 5.56 Å². The van der Waals surface area contributed by atoms with E-state index in [1.165, 1.54) is 11.6 Å². The highest BCUT2D eigenvalue weighted by molar-refractivity contribution is 5.89. The standard InChI is InChI=1S/C14H15NO2/c1-3-14(16)15-9-8-12(10-15)11-4-6-13(17-2)7-5-11/h3-8H,1,9-10H2,2H3. The molecule has 0 fully saturated rings. The summed E-state index contributed by atoms with van der Waals surface area (Å²) >= 11 is 0. The zero-order chi connectivity index (χ0) is 12.3. The van der Waals surface area contributed by atoms with Crippen LogP contribution in [0.15, 0.2) is 43.0 Å². The van der Waals surface area contributed by atoms with Crippen LogP contribution in [0.25, 0.3) is 5.57 Å². The molecule has 0 saturated carbocycles. The molecule has 0 aromatic heterocycles.